The quantitative estimate of drug-likeness (QED) is 0.820. The third-order valence-corrected chi connectivity index (χ3v) is 5.67. The van der Waals surface area contributed by atoms with Crippen LogP contribution in [0.5, 0.6) is 0 Å². The highest BCUT2D eigenvalue weighted by Gasteiger charge is 2.56. The van der Waals surface area contributed by atoms with Gasteiger partial charge in [0, 0.05) is 18.9 Å². The van der Waals surface area contributed by atoms with Crippen LogP contribution in [0.1, 0.15) is 55.6 Å². The number of fused-ring (bicyclic) bond motifs is 3. The molecule has 3 aliphatic rings. The molecule has 0 spiro atoms. The van der Waals surface area contributed by atoms with E-state index in [0.29, 0.717) is 29.6 Å². The maximum atomic E-state index is 12.5. The summed E-state index contributed by atoms with van der Waals surface area (Å²) in [5.74, 6) is 2.04. The lowest BCUT2D eigenvalue weighted by molar-refractivity contribution is -0.120. The van der Waals surface area contributed by atoms with Gasteiger partial charge in [0.2, 0.25) is 0 Å². The molecule has 1 heterocycles. The monoisotopic (exact) mass is 284 g/mol. The van der Waals surface area contributed by atoms with Crippen molar-refractivity contribution in [2.24, 2.45) is 11.8 Å². The summed E-state index contributed by atoms with van der Waals surface area (Å²) >= 11 is 0. The van der Waals surface area contributed by atoms with E-state index in [2.05, 4.69) is 24.3 Å². The third kappa shape index (κ3) is 2.55. The first-order valence-electron chi connectivity index (χ1n) is 8.57. The number of hydrogen-bond acceptors (Lipinski definition) is 2. The van der Waals surface area contributed by atoms with Crippen molar-refractivity contribution in [1.29, 1.82) is 0 Å². The smallest absolute Gasteiger partial charge is 0.136 e. The van der Waals surface area contributed by atoms with E-state index in [4.69, 9.17) is 4.74 Å². The Morgan fingerprint density at radius 3 is 3.00 bits per heavy atom. The maximum Gasteiger partial charge on any atom is 0.136 e. The Labute approximate surface area is 126 Å². The molecule has 0 radical (unpaired) electrons. The molecule has 21 heavy (non-hydrogen) atoms. The van der Waals surface area contributed by atoms with E-state index in [0.717, 1.165) is 32.3 Å². The van der Waals surface area contributed by atoms with Crippen molar-refractivity contribution >= 4 is 5.78 Å². The fourth-order valence-corrected chi connectivity index (χ4v) is 4.55. The molecule has 0 amide bonds. The van der Waals surface area contributed by atoms with Crippen molar-refractivity contribution < 1.29 is 9.53 Å². The van der Waals surface area contributed by atoms with Gasteiger partial charge in [0.15, 0.2) is 0 Å². The van der Waals surface area contributed by atoms with Crippen LogP contribution in [-0.4, -0.2) is 18.5 Å². The van der Waals surface area contributed by atoms with Gasteiger partial charge in [-0.1, -0.05) is 24.3 Å². The summed E-state index contributed by atoms with van der Waals surface area (Å²) in [6.45, 7) is 0.919. The summed E-state index contributed by atoms with van der Waals surface area (Å²) in [6.07, 6.45) is 8.05. The second-order valence-corrected chi connectivity index (χ2v) is 6.95. The van der Waals surface area contributed by atoms with E-state index in [1.165, 1.54) is 30.4 Å². The maximum absolute atomic E-state index is 12.5. The number of hydrogen-bond donors (Lipinski definition) is 0. The largest absolute Gasteiger partial charge is 0.378 e. The fraction of sp³-hybridized carbons (Fsp3) is 0.632. The number of carbonyl (C=O) groups is 1. The molecule has 0 aromatic heterocycles. The molecule has 4 unspecified atom stereocenters. The predicted molar refractivity (Wildman–Crippen MR) is 82.3 cm³/mol. The Morgan fingerprint density at radius 2 is 2.14 bits per heavy atom. The highest BCUT2D eigenvalue weighted by Crippen LogP contribution is 2.60. The van der Waals surface area contributed by atoms with Gasteiger partial charge >= 0.3 is 0 Å². The van der Waals surface area contributed by atoms with Crippen molar-refractivity contribution in [3.05, 3.63) is 35.4 Å². The average Bonchev–Trinajstić information content (AvgIpc) is 3.04. The molecule has 0 bridgehead atoms. The molecule has 1 aromatic rings. The van der Waals surface area contributed by atoms with Crippen LogP contribution in [0, 0.1) is 11.8 Å². The minimum Gasteiger partial charge on any atom is -0.378 e. The number of Topliss-reactive ketones (excluding diaryl/α,β-unsaturated/α-hetero) is 1. The van der Waals surface area contributed by atoms with Crippen LogP contribution in [0.15, 0.2) is 24.3 Å². The van der Waals surface area contributed by atoms with Gasteiger partial charge in [-0.15, -0.1) is 0 Å². The highest BCUT2D eigenvalue weighted by atomic mass is 16.5. The molecule has 1 saturated carbocycles. The normalized spacial score (nSPS) is 33.3. The van der Waals surface area contributed by atoms with Crippen LogP contribution in [0.2, 0.25) is 0 Å². The first kappa shape index (κ1) is 13.5. The SMILES string of the molecule is O=C(CCCC1CCCO1)C1C2CCc3ccccc3C21. The van der Waals surface area contributed by atoms with Crippen LogP contribution in [0.4, 0.5) is 0 Å². The van der Waals surface area contributed by atoms with Crippen molar-refractivity contribution in [2.45, 2.75) is 57.0 Å². The minimum absolute atomic E-state index is 0.332. The Morgan fingerprint density at radius 1 is 1.24 bits per heavy atom. The highest BCUT2D eigenvalue weighted by molar-refractivity contribution is 5.86. The first-order chi connectivity index (χ1) is 10.3. The zero-order valence-electron chi connectivity index (χ0n) is 12.6. The van der Waals surface area contributed by atoms with Crippen molar-refractivity contribution in [2.75, 3.05) is 6.61 Å². The second-order valence-electron chi connectivity index (χ2n) is 6.95. The standard InChI is InChI=1S/C19H24O2/c20-17(9-3-6-14-7-4-12-21-14)19-16-11-10-13-5-1-2-8-15(13)18(16)19/h1-2,5,8,14,16,18-19H,3-4,6-7,9-12H2. The van der Waals surface area contributed by atoms with Gasteiger partial charge in [-0.05, 0) is 61.5 Å². The van der Waals surface area contributed by atoms with Crippen LogP contribution >= 0.6 is 0 Å². The van der Waals surface area contributed by atoms with E-state index in [1.807, 2.05) is 0 Å². The molecule has 1 saturated heterocycles. The molecule has 4 rings (SSSR count). The van der Waals surface area contributed by atoms with E-state index >= 15 is 0 Å². The van der Waals surface area contributed by atoms with Crippen LogP contribution in [0.25, 0.3) is 0 Å². The lowest BCUT2D eigenvalue weighted by Gasteiger charge is -2.13. The molecule has 1 aromatic carbocycles. The zero-order valence-corrected chi connectivity index (χ0v) is 12.6. The number of rotatable bonds is 5. The summed E-state index contributed by atoms with van der Waals surface area (Å²) in [5, 5.41) is 0. The van der Waals surface area contributed by atoms with Crippen molar-refractivity contribution in [3.63, 3.8) is 0 Å². The van der Waals surface area contributed by atoms with E-state index in [9.17, 15) is 4.79 Å². The summed E-state index contributed by atoms with van der Waals surface area (Å²) in [4.78, 5) is 12.5. The lowest BCUT2D eigenvalue weighted by atomic mass is 9.92. The van der Waals surface area contributed by atoms with Gasteiger partial charge in [0.1, 0.15) is 5.78 Å². The molecular weight excluding hydrogens is 260 g/mol. The molecule has 2 aliphatic carbocycles. The summed E-state index contributed by atoms with van der Waals surface area (Å²) in [7, 11) is 0. The van der Waals surface area contributed by atoms with E-state index < -0.39 is 0 Å². The second kappa shape index (κ2) is 5.57. The van der Waals surface area contributed by atoms with Crippen molar-refractivity contribution in [1.82, 2.24) is 0 Å². The number of benzene rings is 1. The van der Waals surface area contributed by atoms with Gasteiger partial charge in [-0.2, -0.15) is 0 Å². The van der Waals surface area contributed by atoms with Crippen LogP contribution in [-0.2, 0) is 16.0 Å². The van der Waals surface area contributed by atoms with Gasteiger partial charge in [-0.25, -0.2) is 0 Å². The van der Waals surface area contributed by atoms with Gasteiger partial charge in [0.25, 0.3) is 0 Å². The number of carbonyl (C=O) groups excluding carboxylic acids is 1. The average molecular weight is 284 g/mol. The van der Waals surface area contributed by atoms with Gasteiger partial charge in [-0.3, -0.25) is 4.79 Å². The summed E-state index contributed by atoms with van der Waals surface area (Å²) in [5.41, 5.74) is 2.94. The molecule has 0 N–H and O–H groups in total. The topological polar surface area (TPSA) is 26.3 Å². The Balaban J connectivity index is 1.33. The molecule has 1 aliphatic heterocycles. The summed E-state index contributed by atoms with van der Waals surface area (Å²) < 4.78 is 5.64. The molecule has 2 heteroatoms. The summed E-state index contributed by atoms with van der Waals surface area (Å²) in [6, 6.07) is 8.73. The van der Waals surface area contributed by atoms with E-state index in [1.54, 1.807) is 0 Å². The molecular formula is C19H24O2. The van der Waals surface area contributed by atoms with Crippen LogP contribution < -0.4 is 0 Å². The van der Waals surface area contributed by atoms with E-state index in [-0.39, 0.29) is 0 Å². The zero-order chi connectivity index (χ0) is 14.2. The lowest BCUT2D eigenvalue weighted by Crippen LogP contribution is -2.08. The Hall–Kier alpha value is -1.15. The predicted octanol–water partition coefficient (Wildman–Crippen LogP) is 3.88. The van der Waals surface area contributed by atoms with Crippen molar-refractivity contribution in [3.8, 4) is 0 Å². The van der Waals surface area contributed by atoms with Crippen LogP contribution in [0.3, 0.4) is 0 Å². The molecule has 112 valence electrons. The molecule has 4 atom stereocenters. The fourth-order valence-electron chi connectivity index (χ4n) is 4.55. The number of ether oxygens (including phenoxy) is 1. The number of aryl methyl sites for hydroxylation is 1. The Bertz CT molecular complexity index is 530. The number of ketones is 1. The molecule has 2 nitrogen and oxygen atoms in total. The van der Waals surface area contributed by atoms with Gasteiger partial charge < -0.3 is 4.74 Å². The Kier molecular flexibility index (Phi) is 3.58. The third-order valence-electron chi connectivity index (χ3n) is 5.67. The molecule has 2 fully saturated rings. The van der Waals surface area contributed by atoms with Gasteiger partial charge in [0.05, 0.1) is 6.10 Å². The first-order valence-corrected chi connectivity index (χ1v) is 8.57. The minimum atomic E-state index is 0.332.